The number of benzene rings is 1. The van der Waals surface area contributed by atoms with Gasteiger partial charge >= 0.3 is 12.4 Å². The number of aromatic nitrogens is 1. The highest BCUT2D eigenvalue weighted by Gasteiger charge is 2.35. The van der Waals surface area contributed by atoms with Crippen molar-refractivity contribution in [2.45, 2.75) is 25.4 Å². The third-order valence-corrected chi connectivity index (χ3v) is 3.06. The summed E-state index contributed by atoms with van der Waals surface area (Å²) in [4.78, 5) is 3.56. The molecule has 0 saturated heterocycles. The van der Waals surface area contributed by atoms with E-state index in [9.17, 15) is 26.3 Å². The summed E-state index contributed by atoms with van der Waals surface area (Å²) in [6, 6.07) is 5.92. The van der Waals surface area contributed by atoms with Crippen molar-refractivity contribution in [2.24, 2.45) is 0 Å². The van der Waals surface area contributed by atoms with Crippen molar-refractivity contribution in [1.29, 1.82) is 0 Å². The lowest BCUT2D eigenvalue weighted by Gasteiger charge is -2.18. The lowest BCUT2D eigenvalue weighted by Crippen LogP contribution is -2.23. The van der Waals surface area contributed by atoms with Gasteiger partial charge in [0.05, 0.1) is 5.56 Å². The summed E-state index contributed by atoms with van der Waals surface area (Å²) >= 11 is 0. The van der Waals surface area contributed by atoms with Crippen LogP contribution in [0, 0.1) is 0 Å². The SMILES string of the molecule is CC(COc1ccc(C(F)(F)F)cc1)Oc1ncccc1C(F)(F)F. The molecule has 0 spiro atoms. The Morgan fingerprint density at radius 2 is 1.60 bits per heavy atom. The smallest absolute Gasteiger partial charge is 0.421 e. The van der Waals surface area contributed by atoms with E-state index in [4.69, 9.17) is 9.47 Å². The number of alkyl halides is 6. The van der Waals surface area contributed by atoms with Crippen molar-refractivity contribution >= 4 is 0 Å². The summed E-state index contributed by atoms with van der Waals surface area (Å²) in [6.07, 6.45) is -8.72. The average molecular weight is 365 g/mol. The zero-order valence-electron chi connectivity index (χ0n) is 12.9. The molecule has 0 saturated carbocycles. The Bertz CT molecular complexity index is 697. The number of rotatable bonds is 5. The summed E-state index contributed by atoms with van der Waals surface area (Å²) in [7, 11) is 0. The summed E-state index contributed by atoms with van der Waals surface area (Å²) in [5.41, 5.74) is -1.84. The molecule has 0 aliphatic rings. The van der Waals surface area contributed by atoms with E-state index in [1.54, 1.807) is 0 Å². The van der Waals surface area contributed by atoms with Crippen molar-refractivity contribution in [3.05, 3.63) is 53.7 Å². The van der Waals surface area contributed by atoms with E-state index < -0.39 is 35.5 Å². The van der Waals surface area contributed by atoms with Gasteiger partial charge in [-0.3, -0.25) is 0 Å². The second kappa shape index (κ2) is 7.20. The molecule has 0 bridgehead atoms. The molecule has 0 fully saturated rings. The van der Waals surface area contributed by atoms with Gasteiger partial charge in [-0.2, -0.15) is 26.3 Å². The van der Waals surface area contributed by atoms with Crippen LogP contribution in [-0.2, 0) is 12.4 Å². The first kappa shape index (κ1) is 18.9. The van der Waals surface area contributed by atoms with E-state index in [0.717, 1.165) is 42.6 Å². The molecule has 9 heteroatoms. The van der Waals surface area contributed by atoms with Crippen LogP contribution in [0.1, 0.15) is 18.1 Å². The van der Waals surface area contributed by atoms with Crippen LogP contribution in [0.2, 0.25) is 0 Å². The Balaban J connectivity index is 1.97. The van der Waals surface area contributed by atoms with Gasteiger partial charge in [-0.25, -0.2) is 4.98 Å². The quantitative estimate of drug-likeness (QED) is 0.702. The van der Waals surface area contributed by atoms with Crippen molar-refractivity contribution in [2.75, 3.05) is 6.61 Å². The molecular weight excluding hydrogens is 352 g/mol. The van der Waals surface area contributed by atoms with Crippen molar-refractivity contribution in [3.8, 4) is 11.6 Å². The van der Waals surface area contributed by atoms with Crippen molar-refractivity contribution in [1.82, 2.24) is 4.98 Å². The van der Waals surface area contributed by atoms with Crippen LogP contribution >= 0.6 is 0 Å². The summed E-state index contributed by atoms with van der Waals surface area (Å²) in [5, 5.41) is 0. The van der Waals surface area contributed by atoms with E-state index in [1.807, 2.05) is 0 Å². The monoisotopic (exact) mass is 365 g/mol. The van der Waals surface area contributed by atoms with Crippen LogP contribution in [0.3, 0.4) is 0 Å². The molecule has 1 aromatic carbocycles. The zero-order valence-corrected chi connectivity index (χ0v) is 12.9. The highest BCUT2D eigenvalue weighted by molar-refractivity contribution is 5.29. The maximum atomic E-state index is 12.8. The first-order valence-corrected chi connectivity index (χ1v) is 7.06. The summed E-state index contributed by atoms with van der Waals surface area (Å²) in [6.45, 7) is 1.29. The molecule has 0 aliphatic heterocycles. The second-order valence-electron chi connectivity index (χ2n) is 5.12. The Morgan fingerprint density at radius 3 is 2.16 bits per heavy atom. The lowest BCUT2D eigenvalue weighted by atomic mass is 10.2. The fourth-order valence-electron chi connectivity index (χ4n) is 1.88. The molecule has 1 aromatic heterocycles. The molecule has 1 atom stereocenters. The van der Waals surface area contributed by atoms with Gasteiger partial charge in [0.15, 0.2) is 0 Å². The van der Waals surface area contributed by atoms with Gasteiger partial charge in [-0.1, -0.05) is 0 Å². The van der Waals surface area contributed by atoms with E-state index in [0.29, 0.717) is 0 Å². The third kappa shape index (κ3) is 5.27. The second-order valence-corrected chi connectivity index (χ2v) is 5.12. The van der Waals surface area contributed by atoms with Gasteiger partial charge in [-0.05, 0) is 43.3 Å². The molecule has 2 rings (SSSR count). The number of pyridine rings is 1. The highest BCUT2D eigenvalue weighted by atomic mass is 19.4. The largest absolute Gasteiger partial charge is 0.490 e. The molecule has 1 heterocycles. The van der Waals surface area contributed by atoms with Gasteiger partial charge in [0, 0.05) is 6.20 Å². The predicted octanol–water partition coefficient (Wildman–Crippen LogP) is 4.97. The van der Waals surface area contributed by atoms with Crippen LogP contribution < -0.4 is 9.47 Å². The Labute approximate surface area is 139 Å². The molecule has 0 amide bonds. The molecule has 0 radical (unpaired) electrons. The number of hydrogen-bond acceptors (Lipinski definition) is 3. The van der Waals surface area contributed by atoms with Gasteiger partial charge in [0.1, 0.15) is 24.0 Å². The Kier molecular flexibility index (Phi) is 5.44. The zero-order chi connectivity index (χ0) is 18.7. The van der Waals surface area contributed by atoms with Gasteiger partial charge in [0.25, 0.3) is 0 Å². The average Bonchev–Trinajstić information content (AvgIpc) is 2.52. The molecular formula is C16H13F6NO2. The number of hydrogen-bond donors (Lipinski definition) is 0. The Hall–Kier alpha value is -2.45. The molecule has 0 N–H and O–H groups in total. The van der Waals surface area contributed by atoms with Crippen LogP contribution in [0.15, 0.2) is 42.6 Å². The molecule has 0 aliphatic carbocycles. The number of nitrogens with zero attached hydrogens (tertiary/aromatic N) is 1. The van der Waals surface area contributed by atoms with E-state index in [1.165, 1.54) is 6.92 Å². The van der Waals surface area contributed by atoms with Crippen molar-refractivity contribution in [3.63, 3.8) is 0 Å². The van der Waals surface area contributed by atoms with Crippen molar-refractivity contribution < 1.29 is 35.8 Å². The first-order valence-electron chi connectivity index (χ1n) is 7.06. The third-order valence-electron chi connectivity index (χ3n) is 3.06. The Morgan fingerprint density at radius 1 is 0.960 bits per heavy atom. The molecule has 2 aromatic rings. The van der Waals surface area contributed by atoms with Gasteiger partial charge in [-0.15, -0.1) is 0 Å². The molecule has 3 nitrogen and oxygen atoms in total. The van der Waals surface area contributed by atoms with Crippen LogP contribution in [0.4, 0.5) is 26.3 Å². The van der Waals surface area contributed by atoms with Gasteiger partial charge < -0.3 is 9.47 Å². The maximum Gasteiger partial charge on any atom is 0.421 e. The van der Waals surface area contributed by atoms with Gasteiger partial charge in [0.2, 0.25) is 5.88 Å². The lowest BCUT2D eigenvalue weighted by molar-refractivity contribution is -0.140. The predicted molar refractivity (Wildman–Crippen MR) is 76.3 cm³/mol. The van der Waals surface area contributed by atoms with Crippen LogP contribution in [-0.4, -0.2) is 17.7 Å². The van der Waals surface area contributed by atoms with E-state index in [2.05, 4.69) is 4.98 Å². The summed E-state index contributed by atoms with van der Waals surface area (Å²) in [5.74, 6) is -0.445. The van der Waals surface area contributed by atoms with Crippen LogP contribution in [0.5, 0.6) is 11.6 Å². The minimum Gasteiger partial charge on any atom is -0.490 e. The number of halogens is 6. The topological polar surface area (TPSA) is 31.4 Å². The summed E-state index contributed by atoms with van der Waals surface area (Å²) < 4.78 is 86.2. The van der Waals surface area contributed by atoms with E-state index in [-0.39, 0.29) is 12.4 Å². The van der Waals surface area contributed by atoms with Crippen LogP contribution in [0.25, 0.3) is 0 Å². The minimum absolute atomic E-state index is 0.139. The fraction of sp³-hybridized carbons (Fsp3) is 0.312. The first-order chi connectivity index (χ1) is 11.6. The fourth-order valence-corrected chi connectivity index (χ4v) is 1.88. The highest BCUT2D eigenvalue weighted by Crippen LogP contribution is 2.35. The molecule has 25 heavy (non-hydrogen) atoms. The number of ether oxygens (including phenoxy) is 2. The standard InChI is InChI=1S/C16H13F6NO2/c1-10(25-14-13(16(20,21)22)3-2-8-23-14)9-24-12-6-4-11(5-7-12)15(17,18)19/h2-8,10H,9H2,1H3. The minimum atomic E-state index is -4.61. The molecule has 136 valence electrons. The molecule has 1 unspecified atom stereocenters. The van der Waals surface area contributed by atoms with E-state index >= 15 is 0 Å². The maximum absolute atomic E-state index is 12.8. The normalized spacial score (nSPS) is 13.4.